The molecule has 0 aromatic heterocycles. The van der Waals surface area contributed by atoms with Gasteiger partial charge in [0.2, 0.25) is 0 Å². The van der Waals surface area contributed by atoms with Crippen LogP contribution in [0.4, 0.5) is 17.1 Å². The van der Waals surface area contributed by atoms with Crippen LogP contribution in [0.1, 0.15) is 26.3 Å². The molecule has 0 saturated carbocycles. The molecule has 2 N–H and O–H groups in total. The van der Waals surface area contributed by atoms with Crippen LogP contribution in [0.3, 0.4) is 0 Å². The molecule has 7 heteroatoms. The first-order valence-corrected chi connectivity index (χ1v) is 11.9. The molecule has 0 radical (unpaired) electrons. The number of anilines is 1. The molecule has 0 fully saturated rings. The Balaban J connectivity index is 1.39. The minimum Gasteiger partial charge on any atom is -0.505 e. The van der Waals surface area contributed by atoms with Crippen molar-refractivity contribution in [1.29, 1.82) is 0 Å². The van der Waals surface area contributed by atoms with Crippen molar-refractivity contribution < 1.29 is 14.7 Å². The van der Waals surface area contributed by atoms with Crippen LogP contribution in [0.5, 0.6) is 5.75 Å². The summed E-state index contributed by atoms with van der Waals surface area (Å²) in [7, 11) is 0. The molecule has 0 saturated heterocycles. The Hall–Kier alpha value is -4.81. The van der Waals surface area contributed by atoms with Crippen molar-refractivity contribution in [2.75, 3.05) is 5.32 Å². The van der Waals surface area contributed by atoms with E-state index in [0.717, 1.165) is 11.1 Å². The minimum atomic E-state index is -0.534. The zero-order valence-corrected chi connectivity index (χ0v) is 20.0. The Morgan fingerprint density at radius 1 is 0.757 bits per heavy atom. The number of amides is 1. The summed E-state index contributed by atoms with van der Waals surface area (Å²) < 4.78 is 0. The van der Waals surface area contributed by atoms with E-state index in [0.29, 0.717) is 38.3 Å². The maximum atomic E-state index is 13.1. The average Bonchev–Trinajstić information content (AvgIpc) is 3.20. The van der Waals surface area contributed by atoms with Crippen molar-refractivity contribution in [3.63, 3.8) is 0 Å². The fraction of sp³-hybridized carbons (Fsp3) is 0. The van der Waals surface area contributed by atoms with Crippen molar-refractivity contribution in [3.05, 3.63) is 119 Å². The highest BCUT2D eigenvalue weighted by Gasteiger charge is 2.26. The summed E-state index contributed by atoms with van der Waals surface area (Å²) in [5.41, 5.74) is 4.03. The first kappa shape index (κ1) is 22.6. The van der Waals surface area contributed by atoms with E-state index in [2.05, 4.69) is 15.5 Å². The molecule has 0 aliphatic heterocycles. The number of carbonyl (C=O) groups excluding carboxylic acids is 2. The van der Waals surface area contributed by atoms with Crippen LogP contribution in [0, 0.1) is 0 Å². The van der Waals surface area contributed by atoms with Crippen molar-refractivity contribution in [2.24, 2.45) is 10.2 Å². The van der Waals surface area contributed by atoms with E-state index >= 15 is 0 Å². The van der Waals surface area contributed by atoms with E-state index in [9.17, 15) is 14.7 Å². The van der Waals surface area contributed by atoms with Crippen LogP contribution >= 0.6 is 11.6 Å². The number of hydrogen-bond acceptors (Lipinski definition) is 5. The zero-order chi connectivity index (χ0) is 25.5. The number of para-hydroxylation sites is 1. The third-order valence-corrected chi connectivity index (χ3v) is 6.67. The summed E-state index contributed by atoms with van der Waals surface area (Å²) in [6, 6.07) is 28.5. The van der Waals surface area contributed by atoms with Gasteiger partial charge >= 0.3 is 0 Å². The number of phenols is 1. The quantitative estimate of drug-likeness (QED) is 0.238. The first-order valence-electron chi connectivity index (χ1n) is 11.5. The Morgan fingerprint density at radius 2 is 1.46 bits per heavy atom. The van der Waals surface area contributed by atoms with E-state index < -0.39 is 5.91 Å². The molecule has 0 bridgehead atoms. The highest BCUT2D eigenvalue weighted by Crippen LogP contribution is 2.41. The second-order valence-corrected chi connectivity index (χ2v) is 8.99. The van der Waals surface area contributed by atoms with Crippen molar-refractivity contribution in [1.82, 2.24) is 0 Å². The smallest absolute Gasteiger partial charge is 0.259 e. The van der Waals surface area contributed by atoms with Crippen molar-refractivity contribution in [2.45, 2.75) is 0 Å². The van der Waals surface area contributed by atoms with Crippen LogP contribution in [-0.4, -0.2) is 16.8 Å². The lowest BCUT2D eigenvalue weighted by molar-refractivity contribution is 0.102. The molecule has 37 heavy (non-hydrogen) atoms. The number of phenolic OH excluding ortho intramolecular Hbond substituents is 1. The SMILES string of the molecule is O=C1c2ccccc2-c2ccc(N=Nc3c(O)c(C(=O)Nc4ccccc4Cl)cc4ccccc34)cc21. The number of hydrogen-bond donors (Lipinski definition) is 2. The lowest BCUT2D eigenvalue weighted by Crippen LogP contribution is -2.12. The van der Waals surface area contributed by atoms with E-state index in [4.69, 9.17) is 11.6 Å². The molecule has 1 aliphatic carbocycles. The monoisotopic (exact) mass is 503 g/mol. The fourth-order valence-corrected chi connectivity index (χ4v) is 4.71. The molecular formula is C30H18ClN3O3. The van der Waals surface area contributed by atoms with Crippen LogP contribution in [0.2, 0.25) is 5.02 Å². The Kier molecular flexibility index (Phi) is 5.51. The van der Waals surface area contributed by atoms with E-state index in [1.807, 2.05) is 48.5 Å². The van der Waals surface area contributed by atoms with E-state index in [1.54, 1.807) is 48.5 Å². The number of nitrogens with one attached hydrogen (secondary N) is 1. The molecule has 5 aromatic carbocycles. The molecule has 1 amide bonds. The summed E-state index contributed by atoms with van der Waals surface area (Å²) in [5, 5.41) is 24.2. The molecule has 178 valence electrons. The molecule has 6 nitrogen and oxygen atoms in total. The molecule has 5 aromatic rings. The van der Waals surface area contributed by atoms with Crippen molar-refractivity contribution in [3.8, 4) is 16.9 Å². The van der Waals surface area contributed by atoms with Crippen LogP contribution < -0.4 is 5.32 Å². The van der Waals surface area contributed by atoms with Gasteiger partial charge in [0.25, 0.3) is 5.91 Å². The number of benzene rings is 5. The van der Waals surface area contributed by atoms with Gasteiger partial charge in [-0.05, 0) is 46.8 Å². The van der Waals surface area contributed by atoms with Gasteiger partial charge in [-0.1, -0.05) is 78.3 Å². The number of nitrogens with zero attached hydrogens (tertiary/aromatic N) is 2. The number of azo groups is 1. The Labute approximate surface area is 216 Å². The zero-order valence-electron chi connectivity index (χ0n) is 19.3. The lowest BCUT2D eigenvalue weighted by atomic mass is 10.0. The summed E-state index contributed by atoms with van der Waals surface area (Å²) in [6.07, 6.45) is 0. The van der Waals surface area contributed by atoms with Crippen LogP contribution in [-0.2, 0) is 0 Å². The van der Waals surface area contributed by atoms with Gasteiger partial charge in [-0.2, -0.15) is 5.11 Å². The molecule has 0 unspecified atom stereocenters. The summed E-state index contributed by atoms with van der Waals surface area (Å²) in [4.78, 5) is 26.0. The number of fused-ring (bicyclic) bond motifs is 4. The third-order valence-electron chi connectivity index (χ3n) is 6.34. The number of carbonyl (C=O) groups is 2. The number of rotatable bonds is 4. The topological polar surface area (TPSA) is 91.1 Å². The predicted octanol–water partition coefficient (Wildman–Crippen LogP) is 8.08. The highest BCUT2D eigenvalue weighted by molar-refractivity contribution is 6.34. The van der Waals surface area contributed by atoms with E-state index in [1.165, 1.54) is 0 Å². The molecular weight excluding hydrogens is 486 g/mol. The van der Waals surface area contributed by atoms with Gasteiger partial charge in [0.15, 0.2) is 11.5 Å². The van der Waals surface area contributed by atoms with Gasteiger partial charge < -0.3 is 10.4 Å². The second-order valence-electron chi connectivity index (χ2n) is 8.58. The van der Waals surface area contributed by atoms with Gasteiger partial charge in [0.05, 0.1) is 22.0 Å². The van der Waals surface area contributed by atoms with Crippen LogP contribution in [0.15, 0.2) is 107 Å². The lowest BCUT2D eigenvalue weighted by Gasteiger charge is -2.12. The van der Waals surface area contributed by atoms with Crippen molar-refractivity contribution >= 4 is 51.1 Å². The first-order chi connectivity index (χ1) is 18.0. The average molecular weight is 504 g/mol. The minimum absolute atomic E-state index is 0.0344. The predicted molar refractivity (Wildman–Crippen MR) is 145 cm³/mol. The largest absolute Gasteiger partial charge is 0.505 e. The van der Waals surface area contributed by atoms with E-state index in [-0.39, 0.29) is 22.8 Å². The number of halogens is 1. The second kappa shape index (κ2) is 9.00. The Morgan fingerprint density at radius 3 is 2.30 bits per heavy atom. The third kappa shape index (κ3) is 3.93. The molecule has 6 rings (SSSR count). The molecule has 1 aliphatic rings. The van der Waals surface area contributed by atoms with Gasteiger partial charge in [0.1, 0.15) is 5.69 Å². The maximum Gasteiger partial charge on any atom is 0.259 e. The Bertz CT molecular complexity index is 1780. The number of aromatic hydroxyl groups is 1. The van der Waals surface area contributed by atoms with Gasteiger partial charge in [-0.15, -0.1) is 5.11 Å². The van der Waals surface area contributed by atoms with Gasteiger partial charge in [-0.3, -0.25) is 9.59 Å². The summed E-state index contributed by atoms with van der Waals surface area (Å²) in [5.74, 6) is -0.903. The normalized spacial score (nSPS) is 12.1. The maximum absolute atomic E-state index is 13.1. The molecule has 0 atom stereocenters. The molecule has 0 heterocycles. The summed E-state index contributed by atoms with van der Waals surface area (Å²) >= 11 is 6.18. The van der Waals surface area contributed by atoms with Crippen LogP contribution in [0.25, 0.3) is 21.9 Å². The molecule has 0 spiro atoms. The summed E-state index contributed by atoms with van der Waals surface area (Å²) in [6.45, 7) is 0. The standard InChI is InChI=1S/C30H18ClN3O3/c31-25-11-5-6-12-26(25)32-30(37)24-15-17-7-1-2-8-19(17)27(29(24)36)34-33-18-13-14-21-20-9-3-4-10-22(20)28(35)23(21)16-18/h1-16,36H,(H,32,37). The van der Waals surface area contributed by atoms with Gasteiger partial charge in [-0.25, -0.2) is 0 Å². The number of ketones is 1. The van der Waals surface area contributed by atoms with Gasteiger partial charge in [0, 0.05) is 16.5 Å². The highest BCUT2D eigenvalue weighted by atomic mass is 35.5. The fourth-order valence-electron chi connectivity index (χ4n) is 4.53.